The average molecular weight is 282 g/mol. The molecule has 2 rings (SSSR count). The van der Waals surface area contributed by atoms with Gasteiger partial charge in [-0.15, -0.1) is 0 Å². The van der Waals surface area contributed by atoms with Crippen LogP contribution in [0.2, 0.25) is 5.02 Å². The number of rotatable bonds is 5. The molecule has 5 heteroatoms. The summed E-state index contributed by atoms with van der Waals surface area (Å²) in [7, 11) is 1.89. The monoisotopic (exact) mass is 281 g/mol. The van der Waals surface area contributed by atoms with Gasteiger partial charge in [0, 0.05) is 29.4 Å². The van der Waals surface area contributed by atoms with E-state index in [-0.39, 0.29) is 11.9 Å². The van der Waals surface area contributed by atoms with E-state index in [0.717, 1.165) is 17.7 Å². The zero-order valence-electron chi connectivity index (χ0n) is 11.0. The number of benzene rings is 1. The van der Waals surface area contributed by atoms with Crippen LogP contribution in [-0.4, -0.2) is 16.8 Å². The number of hydrogen-bond acceptors (Lipinski definition) is 2. The highest BCUT2D eigenvalue weighted by atomic mass is 35.5. The number of aromatic nitrogens is 2. The zero-order chi connectivity index (χ0) is 13.8. The summed E-state index contributed by atoms with van der Waals surface area (Å²) in [5, 5.41) is 7.97. The van der Waals surface area contributed by atoms with Crippen molar-refractivity contribution in [2.75, 3.05) is 7.05 Å². The van der Waals surface area contributed by atoms with Crippen molar-refractivity contribution in [1.82, 2.24) is 15.1 Å². The largest absolute Gasteiger partial charge is 0.313 e. The van der Waals surface area contributed by atoms with Gasteiger partial charge in [-0.25, -0.2) is 4.39 Å². The molecule has 19 heavy (non-hydrogen) atoms. The van der Waals surface area contributed by atoms with Gasteiger partial charge in [0.05, 0.1) is 6.20 Å². The lowest BCUT2D eigenvalue weighted by atomic mass is 10.0. The van der Waals surface area contributed by atoms with Crippen LogP contribution in [0.5, 0.6) is 0 Å². The average Bonchev–Trinajstić information content (AvgIpc) is 2.86. The molecule has 0 bridgehead atoms. The third-order valence-electron chi connectivity index (χ3n) is 3.17. The highest BCUT2D eigenvalue weighted by Gasteiger charge is 2.14. The Morgan fingerprint density at radius 2 is 2.26 bits per heavy atom. The van der Waals surface area contributed by atoms with E-state index >= 15 is 0 Å². The van der Waals surface area contributed by atoms with E-state index in [4.69, 9.17) is 11.6 Å². The van der Waals surface area contributed by atoms with Crippen LogP contribution in [-0.2, 0) is 13.0 Å². The summed E-state index contributed by atoms with van der Waals surface area (Å²) in [4.78, 5) is 0. The van der Waals surface area contributed by atoms with Crippen molar-refractivity contribution >= 4 is 11.6 Å². The Bertz CT molecular complexity index is 553. The Kier molecular flexibility index (Phi) is 4.56. The second-order valence-corrected chi connectivity index (χ2v) is 4.82. The molecule has 0 aliphatic rings. The van der Waals surface area contributed by atoms with Crippen LogP contribution in [0.25, 0.3) is 0 Å². The van der Waals surface area contributed by atoms with E-state index in [1.807, 2.05) is 31.0 Å². The number of nitrogens with one attached hydrogen (secondary N) is 1. The molecule has 1 N–H and O–H groups in total. The summed E-state index contributed by atoms with van der Waals surface area (Å²) in [6.07, 6.45) is 4.56. The number of nitrogens with zero attached hydrogens (tertiary/aromatic N) is 2. The zero-order valence-corrected chi connectivity index (χ0v) is 11.8. The van der Waals surface area contributed by atoms with Crippen LogP contribution in [0, 0.1) is 5.82 Å². The molecule has 1 heterocycles. The summed E-state index contributed by atoms with van der Waals surface area (Å²) in [6, 6.07) is 4.62. The predicted octanol–water partition coefficient (Wildman–Crippen LogP) is 3.20. The van der Waals surface area contributed by atoms with Gasteiger partial charge in [0.2, 0.25) is 0 Å². The van der Waals surface area contributed by atoms with Gasteiger partial charge in [0.15, 0.2) is 0 Å². The fourth-order valence-electron chi connectivity index (χ4n) is 2.03. The Balaban J connectivity index is 2.18. The highest BCUT2D eigenvalue weighted by molar-refractivity contribution is 6.31. The maximum atomic E-state index is 13.0. The van der Waals surface area contributed by atoms with Gasteiger partial charge in [-0.3, -0.25) is 4.68 Å². The van der Waals surface area contributed by atoms with Gasteiger partial charge in [0.1, 0.15) is 5.82 Å². The second kappa shape index (κ2) is 6.17. The van der Waals surface area contributed by atoms with Crippen LogP contribution < -0.4 is 5.32 Å². The molecule has 0 aliphatic heterocycles. The lowest BCUT2D eigenvalue weighted by Gasteiger charge is -2.15. The first-order valence-electron chi connectivity index (χ1n) is 6.27. The van der Waals surface area contributed by atoms with Crippen molar-refractivity contribution in [3.63, 3.8) is 0 Å². The molecule has 3 nitrogen and oxygen atoms in total. The van der Waals surface area contributed by atoms with Gasteiger partial charge >= 0.3 is 0 Å². The second-order valence-electron chi connectivity index (χ2n) is 4.41. The molecule has 0 saturated heterocycles. The van der Waals surface area contributed by atoms with Crippen LogP contribution in [0.3, 0.4) is 0 Å². The summed E-state index contributed by atoms with van der Waals surface area (Å²) >= 11 is 6.06. The van der Waals surface area contributed by atoms with E-state index in [2.05, 4.69) is 10.4 Å². The highest BCUT2D eigenvalue weighted by Crippen LogP contribution is 2.24. The van der Waals surface area contributed by atoms with E-state index in [1.165, 1.54) is 12.1 Å². The Morgan fingerprint density at radius 3 is 2.84 bits per heavy atom. The van der Waals surface area contributed by atoms with Gasteiger partial charge in [-0.1, -0.05) is 17.7 Å². The standard InChI is InChI=1S/C14H17ClFN3/c1-3-19-9-11(8-18-19)14(17-2)6-10-4-5-12(16)7-13(10)15/h4-5,7-9,14,17H,3,6H2,1-2H3. The molecule has 0 amide bonds. The van der Waals surface area contributed by atoms with Gasteiger partial charge in [-0.2, -0.15) is 5.10 Å². The van der Waals surface area contributed by atoms with Gasteiger partial charge < -0.3 is 5.32 Å². The molecule has 1 aromatic heterocycles. The van der Waals surface area contributed by atoms with Crippen molar-refractivity contribution in [1.29, 1.82) is 0 Å². The normalized spacial score (nSPS) is 12.6. The van der Waals surface area contributed by atoms with Crippen molar-refractivity contribution in [3.8, 4) is 0 Å². The minimum Gasteiger partial charge on any atom is -0.313 e. The molecule has 1 atom stereocenters. The molecule has 1 unspecified atom stereocenters. The molecule has 102 valence electrons. The third-order valence-corrected chi connectivity index (χ3v) is 3.52. The van der Waals surface area contributed by atoms with Crippen molar-refractivity contribution in [3.05, 3.63) is 52.6 Å². The van der Waals surface area contributed by atoms with Gasteiger partial charge in [0.25, 0.3) is 0 Å². The first kappa shape index (κ1) is 14.0. The summed E-state index contributed by atoms with van der Waals surface area (Å²) in [5.74, 6) is -0.312. The van der Waals surface area contributed by atoms with Crippen LogP contribution in [0.4, 0.5) is 4.39 Å². The fourth-order valence-corrected chi connectivity index (χ4v) is 2.27. The number of likely N-dealkylation sites (N-methyl/N-ethyl adjacent to an activating group) is 1. The third kappa shape index (κ3) is 3.33. The van der Waals surface area contributed by atoms with Crippen molar-refractivity contribution < 1.29 is 4.39 Å². The van der Waals surface area contributed by atoms with E-state index < -0.39 is 0 Å². The molecule has 0 radical (unpaired) electrons. The van der Waals surface area contributed by atoms with E-state index in [0.29, 0.717) is 11.4 Å². The lowest BCUT2D eigenvalue weighted by molar-refractivity contribution is 0.586. The number of hydrogen-bond donors (Lipinski definition) is 1. The fraction of sp³-hybridized carbons (Fsp3) is 0.357. The number of aryl methyl sites for hydroxylation is 1. The molecule has 0 saturated carbocycles. The molecular weight excluding hydrogens is 265 g/mol. The maximum absolute atomic E-state index is 13.0. The topological polar surface area (TPSA) is 29.9 Å². The quantitative estimate of drug-likeness (QED) is 0.912. The Hall–Kier alpha value is -1.39. The number of halogens is 2. The minimum atomic E-state index is -0.312. The molecule has 1 aromatic carbocycles. The first-order chi connectivity index (χ1) is 9.13. The first-order valence-corrected chi connectivity index (χ1v) is 6.65. The minimum absolute atomic E-state index is 0.114. The molecule has 0 fully saturated rings. The van der Waals surface area contributed by atoms with Crippen molar-refractivity contribution in [2.45, 2.75) is 25.9 Å². The predicted molar refractivity (Wildman–Crippen MR) is 74.8 cm³/mol. The Labute approximate surface area is 117 Å². The smallest absolute Gasteiger partial charge is 0.124 e. The summed E-state index contributed by atoms with van der Waals surface area (Å²) in [6.45, 7) is 2.88. The molecule has 0 aliphatic carbocycles. The van der Waals surface area contributed by atoms with Gasteiger partial charge in [-0.05, 0) is 38.1 Å². The Morgan fingerprint density at radius 1 is 1.47 bits per heavy atom. The maximum Gasteiger partial charge on any atom is 0.124 e. The molecular formula is C14H17ClFN3. The summed E-state index contributed by atoms with van der Waals surface area (Å²) in [5.41, 5.74) is 2.02. The van der Waals surface area contributed by atoms with Crippen LogP contribution >= 0.6 is 11.6 Å². The van der Waals surface area contributed by atoms with Crippen LogP contribution in [0.15, 0.2) is 30.6 Å². The SMILES string of the molecule is CCn1cc(C(Cc2ccc(F)cc2Cl)NC)cn1. The molecule has 0 spiro atoms. The van der Waals surface area contributed by atoms with Crippen molar-refractivity contribution in [2.24, 2.45) is 0 Å². The van der Waals surface area contributed by atoms with E-state index in [1.54, 1.807) is 6.07 Å². The van der Waals surface area contributed by atoms with Crippen LogP contribution in [0.1, 0.15) is 24.1 Å². The van der Waals surface area contributed by atoms with E-state index in [9.17, 15) is 4.39 Å². The molecule has 2 aromatic rings. The lowest BCUT2D eigenvalue weighted by Crippen LogP contribution is -2.18. The summed E-state index contributed by atoms with van der Waals surface area (Å²) < 4.78 is 14.9.